The van der Waals surface area contributed by atoms with E-state index in [1.54, 1.807) is 6.20 Å². The van der Waals surface area contributed by atoms with Crippen LogP contribution in [0.15, 0.2) is 12.3 Å². The first-order valence-corrected chi connectivity index (χ1v) is 3.78. The minimum Gasteiger partial charge on any atom is -0.296 e. The van der Waals surface area contributed by atoms with E-state index in [1.807, 2.05) is 13.0 Å². The summed E-state index contributed by atoms with van der Waals surface area (Å²) in [6.45, 7) is 1.84. The van der Waals surface area contributed by atoms with Gasteiger partial charge in [0.25, 0.3) is 0 Å². The highest BCUT2D eigenvalue weighted by Gasteiger charge is 1.98. The Hall–Kier alpha value is -0.890. The Morgan fingerprint density at radius 3 is 2.91 bits per heavy atom. The van der Waals surface area contributed by atoms with Crippen molar-refractivity contribution in [2.45, 2.75) is 12.8 Å². The Morgan fingerprint density at radius 1 is 1.73 bits per heavy atom. The van der Waals surface area contributed by atoms with Crippen LogP contribution in [0.4, 0.5) is 0 Å². The molecule has 0 fully saturated rings. The van der Waals surface area contributed by atoms with E-state index in [1.165, 1.54) is 0 Å². The average molecular weight is 170 g/mol. The monoisotopic (exact) mass is 169 g/mol. The van der Waals surface area contributed by atoms with Crippen LogP contribution in [-0.4, -0.2) is 11.3 Å². The summed E-state index contributed by atoms with van der Waals surface area (Å²) >= 11 is 5.57. The summed E-state index contributed by atoms with van der Waals surface area (Å²) in [4.78, 5) is 14.2. The fourth-order valence-corrected chi connectivity index (χ4v) is 0.986. The van der Waals surface area contributed by atoms with Gasteiger partial charge >= 0.3 is 0 Å². The second-order valence-electron chi connectivity index (χ2n) is 2.30. The van der Waals surface area contributed by atoms with Crippen LogP contribution in [0.1, 0.15) is 21.6 Å². The Labute approximate surface area is 70.2 Å². The number of aldehydes is 1. The molecule has 0 saturated heterocycles. The molecule has 1 aromatic rings. The number of aromatic nitrogens is 1. The average Bonchev–Trinajstić information content (AvgIpc) is 2.04. The van der Waals surface area contributed by atoms with Crippen LogP contribution in [0, 0.1) is 6.92 Å². The standard InChI is InChI=1S/C8H8ClNO/c1-6-2-7(3-9)4-10-8(6)5-11/h2,4-5H,3H2,1H3. The lowest BCUT2D eigenvalue weighted by Crippen LogP contribution is -1.92. The number of halogens is 1. The smallest absolute Gasteiger partial charge is 0.168 e. The maximum absolute atomic E-state index is 10.3. The number of carbonyl (C=O) groups is 1. The second kappa shape index (κ2) is 3.49. The van der Waals surface area contributed by atoms with Gasteiger partial charge in [-0.05, 0) is 18.1 Å². The fourth-order valence-electron chi connectivity index (χ4n) is 0.840. The minimum atomic E-state index is 0.437. The molecule has 0 radical (unpaired) electrons. The number of aryl methyl sites for hydroxylation is 1. The van der Waals surface area contributed by atoms with Crippen molar-refractivity contribution in [1.29, 1.82) is 0 Å². The van der Waals surface area contributed by atoms with E-state index >= 15 is 0 Å². The van der Waals surface area contributed by atoms with E-state index in [9.17, 15) is 4.79 Å². The van der Waals surface area contributed by atoms with Crippen molar-refractivity contribution in [1.82, 2.24) is 4.98 Å². The Kier molecular flexibility index (Phi) is 2.60. The molecule has 3 heteroatoms. The van der Waals surface area contributed by atoms with Gasteiger partial charge in [-0.25, -0.2) is 0 Å². The number of rotatable bonds is 2. The van der Waals surface area contributed by atoms with Crippen molar-refractivity contribution in [3.63, 3.8) is 0 Å². The Bertz CT molecular complexity index is 273. The topological polar surface area (TPSA) is 30.0 Å². The number of hydrogen-bond donors (Lipinski definition) is 0. The highest BCUT2D eigenvalue weighted by molar-refractivity contribution is 6.17. The molecule has 0 unspecified atom stereocenters. The van der Waals surface area contributed by atoms with Gasteiger partial charge in [0.05, 0.1) is 0 Å². The first-order chi connectivity index (χ1) is 5.27. The zero-order valence-corrected chi connectivity index (χ0v) is 6.93. The molecule has 0 amide bonds. The molecular weight excluding hydrogens is 162 g/mol. The van der Waals surface area contributed by atoms with Crippen LogP contribution in [-0.2, 0) is 5.88 Å². The second-order valence-corrected chi connectivity index (χ2v) is 2.56. The summed E-state index contributed by atoms with van der Waals surface area (Å²) in [5, 5.41) is 0. The van der Waals surface area contributed by atoms with Crippen LogP contribution >= 0.6 is 11.6 Å². The highest BCUT2D eigenvalue weighted by atomic mass is 35.5. The molecule has 0 aliphatic carbocycles. The van der Waals surface area contributed by atoms with E-state index in [0.717, 1.165) is 17.4 Å². The molecular formula is C8H8ClNO. The summed E-state index contributed by atoms with van der Waals surface area (Å²) in [6.07, 6.45) is 2.36. The van der Waals surface area contributed by atoms with Crippen LogP contribution in [0.5, 0.6) is 0 Å². The molecule has 0 atom stereocenters. The van der Waals surface area contributed by atoms with Crippen molar-refractivity contribution in [3.05, 3.63) is 29.1 Å². The zero-order valence-electron chi connectivity index (χ0n) is 6.17. The third-order valence-electron chi connectivity index (χ3n) is 1.44. The lowest BCUT2D eigenvalue weighted by Gasteiger charge is -1.98. The number of nitrogens with zero attached hydrogens (tertiary/aromatic N) is 1. The third kappa shape index (κ3) is 1.77. The van der Waals surface area contributed by atoms with Crippen LogP contribution < -0.4 is 0 Å². The molecule has 0 saturated carbocycles. The quantitative estimate of drug-likeness (QED) is 0.500. The van der Waals surface area contributed by atoms with Gasteiger partial charge in [0.2, 0.25) is 0 Å². The maximum Gasteiger partial charge on any atom is 0.168 e. The van der Waals surface area contributed by atoms with Gasteiger partial charge in [-0.15, -0.1) is 11.6 Å². The van der Waals surface area contributed by atoms with Gasteiger partial charge in [0, 0.05) is 12.1 Å². The largest absolute Gasteiger partial charge is 0.296 e. The summed E-state index contributed by atoms with van der Waals surface area (Å²) < 4.78 is 0. The van der Waals surface area contributed by atoms with Gasteiger partial charge < -0.3 is 0 Å². The predicted molar refractivity (Wildman–Crippen MR) is 43.9 cm³/mol. The molecule has 0 aliphatic rings. The van der Waals surface area contributed by atoms with Crippen LogP contribution in [0.3, 0.4) is 0 Å². The van der Waals surface area contributed by atoms with E-state index in [2.05, 4.69) is 4.98 Å². The first kappa shape index (κ1) is 8.21. The van der Waals surface area contributed by atoms with Crippen LogP contribution in [0.2, 0.25) is 0 Å². The fraction of sp³-hybridized carbons (Fsp3) is 0.250. The lowest BCUT2D eigenvalue weighted by molar-refractivity contribution is 0.111. The van der Waals surface area contributed by atoms with Gasteiger partial charge in [-0.1, -0.05) is 6.07 Å². The molecule has 1 rings (SSSR count). The molecule has 0 aliphatic heterocycles. The number of alkyl halides is 1. The predicted octanol–water partition coefficient (Wildman–Crippen LogP) is 1.94. The normalized spacial score (nSPS) is 9.64. The zero-order chi connectivity index (χ0) is 8.27. The van der Waals surface area contributed by atoms with Gasteiger partial charge in [-0.3, -0.25) is 9.78 Å². The van der Waals surface area contributed by atoms with E-state index in [-0.39, 0.29) is 0 Å². The highest BCUT2D eigenvalue weighted by Crippen LogP contribution is 2.07. The molecule has 2 nitrogen and oxygen atoms in total. The molecule has 0 N–H and O–H groups in total. The SMILES string of the molecule is Cc1cc(CCl)cnc1C=O. The Morgan fingerprint density at radius 2 is 2.45 bits per heavy atom. The number of pyridine rings is 1. The van der Waals surface area contributed by atoms with Crippen molar-refractivity contribution in [2.24, 2.45) is 0 Å². The van der Waals surface area contributed by atoms with E-state index < -0.39 is 0 Å². The lowest BCUT2D eigenvalue weighted by atomic mass is 10.2. The number of hydrogen-bond acceptors (Lipinski definition) is 2. The van der Waals surface area contributed by atoms with Crippen molar-refractivity contribution < 1.29 is 4.79 Å². The molecule has 0 spiro atoms. The summed E-state index contributed by atoms with van der Waals surface area (Å²) in [6, 6.07) is 1.86. The van der Waals surface area contributed by atoms with E-state index in [0.29, 0.717) is 11.6 Å². The maximum atomic E-state index is 10.3. The Balaban J connectivity index is 3.09. The molecule has 1 aromatic heterocycles. The molecule has 1 heterocycles. The third-order valence-corrected chi connectivity index (χ3v) is 1.75. The van der Waals surface area contributed by atoms with Gasteiger partial charge in [0.1, 0.15) is 5.69 Å². The van der Waals surface area contributed by atoms with Crippen molar-refractivity contribution in [3.8, 4) is 0 Å². The summed E-state index contributed by atoms with van der Waals surface area (Å²) in [7, 11) is 0. The van der Waals surface area contributed by atoms with Crippen molar-refractivity contribution in [2.75, 3.05) is 0 Å². The van der Waals surface area contributed by atoms with Crippen LogP contribution in [0.25, 0.3) is 0 Å². The minimum absolute atomic E-state index is 0.437. The number of carbonyl (C=O) groups excluding carboxylic acids is 1. The summed E-state index contributed by atoms with van der Waals surface area (Å²) in [5.74, 6) is 0.437. The molecule has 11 heavy (non-hydrogen) atoms. The molecule has 58 valence electrons. The van der Waals surface area contributed by atoms with E-state index in [4.69, 9.17) is 11.6 Å². The molecule has 0 bridgehead atoms. The molecule has 0 aromatic carbocycles. The van der Waals surface area contributed by atoms with Crippen molar-refractivity contribution >= 4 is 17.9 Å². The first-order valence-electron chi connectivity index (χ1n) is 3.24. The van der Waals surface area contributed by atoms with Gasteiger partial charge in [0.15, 0.2) is 6.29 Å². The summed E-state index contributed by atoms with van der Waals surface area (Å²) in [5.41, 5.74) is 2.30. The van der Waals surface area contributed by atoms with Gasteiger partial charge in [-0.2, -0.15) is 0 Å².